The van der Waals surface area contributed by atoms with E-state index in [1.165, 1.54) is 18.5 Å². The molecule has 1 unspecified atom stereocenters. The van der Waals surface area contributed by atoms with Gasteiger partial charge in [0.25, 0.3) is 0 Å². The van der Waals surface area contributed by atoms with Crippen molar-refractivity contribution in [3.05, 3.63) is 64.9 Å². The van der Waals surface area contributed by atoms with Crippen molar-refractivity contribution in [2.24, 2.45) is 0 Å². The Morgan fingerprint density at radius 1 is 1.03 bits per heavy atom. The Labute approximate surface area is 180 Å². The second-order valence-corrected chi connectivity index (χ2v) is 7.19. The molecule has 10 heteroatoms. The van der Waals surface area contributed by atoms with E-state index in [0.717, 1.165) is 6.07 Å². The largest absolute Gasteiger partial charge is 0.486 e. The molecule has 0 amide bonds. The van der Waals surface area contributed by atoms with Crippen LogP contribution in [0.5, 0.6) is 11.5 Å². The number of nitrogens with one attached hydrogen (secondary N) is 1. The van der Waals surface area contributed by atoms with Gasteiger partial charge < -0.3 is 19.9 Å². The summed E-state index contributed by atoms with van der Waals surface area (Å²) in [6.45, 7) is 1.07. The second kappa shape index (κ2) is 8.60. The summed E-state index contributed by atoms with van der Waals surface area (Å²) >= 11 is 5.79. The number of aliphatic hydroxyl groups excluding tert-OH is 1. The van der Waals surface area contributed by atoms with E-state index >= 15 is 0 Å². The van der Waals surface area contributed by atoms with Gasteiger partial charge in [0.15, 0.2) is 11.5 Å². The fourth-order valence-corrected chi connectivity index (χ4v) is 3.39. The molecular weight excluding hydrogens is 435 g/mol. The zero-order valence-electron chi connectivity index (χ0n) is 16.0. The smallest absolute Gasteiger partial charge is 0.417 e. The third kappa shape index (κ3) is 4.83. The molecule has 0 radical (unpaired) electrons. The van der Waals surface area contributed by atoms with Crippen molar-refractivity contribution in [2.45, 2.75) is 12.3 Å². The van der Waals surface area contributed by atoms with Crippen molar-refractivity contribution in [1.82, 2.24) is 9.97 Å². The highest BCUT2D eigenvalue weighted by atomic mass is 35.5. The van der Waals surface area contributed by atoms with Crippen molar-refractivity contribution in [3.8, 4) is 22.8 Å². The summed E-state index contributed by atoms with van der Waals surface area (Å²) in [5.74, 6) is 1.61. The molecule has 6 nitrogen and oxygen atoms in total. The number of aliphatic hydroxyl groups is 1. The highest BCUT2D eigenvalue weighted by Crippen LogP contribution is 2.37. The number of aromatic nitrogens is 2. The van der Waals surface area contributed by atoms with Crippen LogP contribution < -0.4 is 14.8 Å². The molecule has 2 aromatic carbocycles. The van der Waals surface area contributed by atoms with Gasteiger partial charge in [-0.15, -0.1) is 0 Å². The zero-order chi connectivity index (χ0) is 22.0. The highest BCUT2D eigenvalue weighted by Gasteiger charge is 2.33. The van der Waals surface area contributed by atoms with Gasteiger partial charge in [0.05, 0.1) is 22.4 Å². The SMILES string of the molecule is OC(CNc1cc(-c2ccc(C(F)(F)F)c(Cl)c2)ncn1)c1ccc2c(c1)OCCO2. The molecule has 0 bridgehead atoms. The molecule has 1 aliphatic rings. The molecule has 31 heavy (non-hydrogen) atoms. The van der Waals surface area contributed by atoms with Crippen LogP contribution in [-0.4, -0.2) is 34.8 Å². The van der Waals surface area contributed by atoms with E-state index in [0.29, 0.717) is 47.4 Å². The van der Waals surface area contributed by atoms with Gasteiger partial charge in [-0.1, -0.05) is 23.7 Å². The van der Waals surface area contributed by atoms with Gasteiger partial charge in [-0.25, -0.2) is 9.97 Å². The Kier molecular flexibility index (Phi) is 5.88. The molecule has 2 N–H and O–H groups in total. The summed E-state index contributed by atoms with van der Waals surface area (Å²) in [6, 6.07) is 10.2. The van der Waals surface area contributed by atoms with Gasteiger partial charge in [-0.05, 0) is 29.8 Å². The number of rotatable bonds is 5. The number of fused-ring (bicyclic) bond motifs is 1. The molecule has 0 saturated heterocycles. The summed E-state index contributed by atoms with van der Waals surface area (Å²) in [5, 5.41) is 13.1. The zero-order valence-corrected chi connectivity index (χ0v) is 16.7. The number of benzene rings is 2. The summed E-state index contributed by atoms with van der Waals surface area (Å²) in [7, 11) is 0. The van der Waals surface area contributed by atoms with Gasteiger partial charge in [-0.2, -0.15) is 13.2 Å². The van der Waals surface area contributed by atoms with Crippen LogP contribution in [0.25, 0.3) is 11.3 Å². The molecule has 1 atom stereocenters. The van der Waals surface area contributed by atoms with E-state index < -0.39 is 22.9 Å². The number of hydrogen-bond donors (Lipinski definition) is 2. The maximum Gasteiger partial charge on any atom is 0.417 e. The third-order valence-corrected chi connectivity index (χ3v) is 4.98. The van der Waals surface area contributed by atoms with E-state index in [2.05, 4.69) is 15.3 Å². The molecular formula is C21H17ClF3N3O3. The van der Waals surface area contributed by atoms with E-state index in [4.69, 9.17) is 21.1 Å². The maximum atomic E-state index is 12.9. The minimum Gasteiger partial charge on any atom is -0.486 e. The first-order valence-corrected chi connectivity index (χ1v) is 9.70. The lowest BCUT2D eigenvalue weighted by atomic mass is 10.1. The molecule has 4 rings (SSSR count). The summed E-state index contributed by atoms with van der Waals surface area (Å²) in [5.41, 5.74) is 0.534. The van der Waals surface area contributed by atoms with Crippen LogP contribution in [0, 0.1) is 0 Å². The number of halogens is 4. The molecule has 0 spiro atoms. The van der Waals surface area contributed by atoms with Crippen LogP contribution in [0.1, 0.15) is 17.2 Å². The molecule has 0 saturated carbocycles. The average Bonchev–Trinajstić information content (AvgIpc) is 2.76. The summed E-state index contributed by atoms with van der Waals surface area (Å²) < 4.78 is 49.7. The minimum atomic E-state index is -4.53. The quantitative estimate of drug-likeness (QED) is 0.584. The monoisotopic (exact) mass is 451 g/mol. The first-order valence-electron chi connectivity index (χ1n) is 9.32. The van der Waals surface area contributed by atoms with Crippen molar-refractivity contribution in [2.75, 3.05) is 25.1 Å². The van der Waals surface area contributed by atoms with Crippen LogP contribution >= 0.6 is 11.6 Å². The molecule has 0 aliphatic carbocycles. The Hall–Kier alpha value is -3.04. The predicted molar refractivity (Wildman–Crippen MR) is 108 cm³/mol. The lowest BCUT2D eigenvalue weighted by molar-refractivity contribution is -0.137. The number of hydrogen-bond acceptors (Lipinski definition) is 6. The van der Waals surface area contributed by atoms with Crippen molar-refractivity contribution < 1.29 is 27.8 Å². The van der Waals surface area contributed by atoms with Crippen molar-refractivity contribution in [3.63, 3.8) is 0 Å². The summed E-state index contributed by atoms with van der Waals surface area (Å²) in [4.78, 5) is 8.18. The Bertz CT molecular complexity index is 1090. The maximum absolute atomic E-state index is 12.9. The third-order valence-electron chi connectivity index (χ3n) is 4.66. The lowest BCUT2D eigenvalue weighted by Gasteiger charge is -2.20. The van der Waals surface area contributed by atoms with Gasteiger partial charge in [0.2, 0.25) is 0 Å². The Morgan fingerprint density at radius 2 is 1.81 bits per heavy atom. The normalized spacial score (nSPS) is 14.2. The van der Waals surface area contributed by atoms with E-state index in [1.54, 1.807) is 24.3 Å². The molecule has 1 aromatic heterocycles. The molecule has 0 fully saturated rings. The van der Waals surface area contributed by atoms with Crippen LogP contribution in [0.3, 0.4) is 0 Å². The summed E-state index contributed by atoms with van der Waals surface area (Å²) in [6.07, 6.45) is -4.10. The molecule has 2 heterocycles. The van der Waals surface area contributed by atoms with Gasteiger partial charge in [0, 0.05) is 18.2 Å². The van der Waals surface area contributed by atoms with Crippen LogP contribution in [-0.2, 0) is 6.18 Å². The average molecular weight is 452 g/mol. The number of ether oxygens (including phenoxy) is 2. The van der Waals surface area contributed by atoms with Crippen LogP contribution in [0.2, 0.25) is 5.02 Å². The number of nitrogens with zero attached hydrogens (tertiary/aromatic N) is 2. The first kappa shape index (κ1) is 21.2. The lowest BCUT2D eigenvalue weighted by Crippen LogP contribution is -2.17. The van der Waals surface area contributed by atoms with Gasteiger partial charge in [-0.3, -0.25) is 0 Å². The van der Waals surface area contributed by atoms with E-state index in [1.807, 2.05) is 0 Å². The fourth-order valence-electron chi connectivity index (χ4n) is 3.10. The number of anilines is 1. The molecule has 162 valence electrons. The van der Waals surface area contributed by atoms with Crippen LogP contribution in [0.4, 0.5) is 19.0 Å². The van der Waals surface area contributed by atoms with E-state index in [-0.39, 0.29) is 6.54 Å². The van der Waals surface area contributed by atoms with Crippen molar-refractivity contribution >= 4 is 17.4 Å². The fraction of sp³-hybridized carbons (Fsp3) is 0.238. The molecule has 1 aliphatic heterocycles. The van der Waals surface area contributed by atoms with Gasteiger partial charge in [0.1, 0.15) is 25.4 Å². The predicted octanol–water partition coefficient (Wildman–Crippen LogP) is 4.73. The topological polar surface area (TPSA) is 76.5 Å². The standard InChI is InChI=1S/C21H17ClF3N3O3/c22-15-7-12(1-3-14(15)21(23,24)25)16-9-20(28-11-27-16)26-10-17(29)13-2-4-18-19(8-13)31-6-5-30-18/h1-4,7-9,11,17,29H,5-6,10H2,(H,26,27,28). The Morgan fingerprint density at radius 3 is 2.55 bits per heavy atom. The number of alkyl halides is 3. The van der Waals surface area contributed by atoms with Crippen molar-refractivity contribution in [1.29, 1.82) is 0 Å². The van der Waals surface area contributed by atoms with Crippen LogP contribution in [0.15, 0.2) is 48.8 Å². The highest BCUT2D eigenvalue weighted by molar-refractivity contribution is 6.31. The molecule has 3 aromatic rings. The van der Waals surface area contributed by atoms with Gasteiger partial charge >= 0.3 is 6.18 Å². The minimum absolute atomic E-state index is 0.143. The first-order chi connectivity index (χ1) is 14.8. The Balaban J connectivity index is 1.46. The van der Waals surface area contributed by atoms with E-state index in [9.17, 15) is 18.3 Å². The second-order valence-electron chi connectivity index (χ2n) is 6.78.